The normalized spacial score (nSPS) is 11.5. The fourth-order valence-electron chi connectivity index (χ4n) is 0.782. The molecule has 0 saturated carbocycles. The van der Waals surface area contributed by atoms with Crippen molar-refractivity contribution in [3.8, 4) is 0 Å². The van der Waals surface area contributed by atoms with Gasteiger partial charge in [0.1, 0.15) is 12.5 Å². The summed E-state index contributed by atoms with van der Waals surface area (Å²) in [4.78, 5) is 0. The van der Waals surface area contributed by atoms with Crippen molar-refractivity contribution in [1.29, 1.82) is 0 Å². The molecule has 11 heavy (non-hydrogen) atoms. The van der Waals surface area contributed by atoms with Crippen molar-refractivity contribution in [2.45, 2.75) is 26.7 Å². The van der Waals surface area contributed by atoms with Crippen LogP contribution in [0, 0.1) is 0 Å². The minimum atomic E-state index is -0.733. The van der Waals surface area contributed by atoms with Crippen LogP contribution in [0.2, 0.25) is 0 Å². The second-order valence-corrected chi connectivity index (χ2v) is 2.25. The van der Waals surface area contributed by atoms with Crippen molar-refractivity contribution >= 4 is 0 Å². The minimum absolute atomic E-state index is 0.466. The van der Waals surface area contributed by atoms with Crippen molar-refractivity contribution in [3.05, 3.63) is 23.6 Å². The SMILES string of the molecule is CCC(=C/C(F)=C\CF)CC. The van der Waals surface area contributed by atoms with Gasteiger partial charge in [0.25, 0.3) is 0 Å². The van der Waals surface area contributed by atoms with Gasteiger partial charge in [-0.15, -0.1) is 0 Å². The maximum absolute atomic E-state index is 12.6. The Balaban J connectivity index is 4.14. The molecule has 0 spiro atoms. The second kappa shape index (κ2) is 6.08. The molecule has 0 amide bonds. The van der Waals surface area contributed by atoms with E-state index in [4.69, 9.17) is 0 Å². The predicted octanol–water partition coefficient (Wildman–Crippen LogP) is 3.56. The van der Waals surface area contributed by atoms with Gasteiger partial charge in [-0.3, -0.25) is 0 Å². The molecule has 0 heterocycles. The molecule has 0 atom stereocenters. The number of hydrogen-bond donors (Lipinski definition) is 0. The summed E-state index contributed by atoms with van der Waals surface area (Å²) in [6.45, 7) is 3.18. The van der Waals surface area contributed by atoms with E-state index in [1.54, 1.807) is 0 Å². The molecule has 0 aliphatic carbocycles. The minimum Gasteiger partial charge on any atom is -0.246 e. The van der Waals surface area contributed by atoms with E-state index in [0.717, 1.165) is 24.5 Å². The highest BCUT2D eigenvalue weighted by atomic mass is 19.1. The van der Waals surface area contributed by atoms with Crippen LogP contribution in [0.4, 0.5) is 8.78 Å². The van der Waals surface area contributed by atoms with Crippen molar-refractivity contribution in [2.24, 2.45) is 0 Å². The van der Waals surface area contributed by atoms with Crippen LogP contribution in [0.25, 0.3) is 0 Å². The van der Waals surface area contributed by atoms with Crippen LogP contribution in [0.15, 0.2) is 23.6 Å². The first-order valence-corrected chi connectivity index (χ1v) is 3.85. The number of alkyl halides is 1. The Morgan fingerprint density at radius 1 is 1.27 bits per heavy atom. The zero-order valence-corrected chi connectivity index (χ0v) is 7.03. The molecule has 0 aliphatic heterocycles. The van der Waals surface area contributed by atoms with Crippen LogP contribution in [0.1, 0.15) is 26.7 Å². The van der Waals surface area contributed by atoms with Gasteiger partial charge in [-0.1, -0.05) is 19.4 Å². The Labute approximate surface area is 66.6 Å². The molecule has 2 heteroatoms. The van der Waals surface area contributed by atoms with Gasteiger partial charge in [-0.25, -0.2) is 8.78 Å². The summed E-state index contributed by atoms with van der Waals surface area (Å²) >= 11 is 0. The van der Waals surface area contributed by atoms with Gasteiger partial charge in [-0.05, 0) is 25.0 Å². The molecular formula is C9H14F2. The molecule has 0 aliphatic rings. The maximum Gasteiger partial charge on any atom is 0.121 e. The van der Waals surface area contributed by atoms with E-state index in [9.17, 15) is 8.78 Å². The lowest BCUT2D eigenvalue weighted by Gasteiger charge is -1.96. The third-order valence-electron chi connectivity index (χ3n) is 1.52. The molecule has 0 aromatic carbocycles. The molecular weight excluding hydrogens is 146 g/mol. The van der Waals surface area contributed by atoms with E-state index in [2.05, 4.69) is 0 Å². The molecule has 0 aromatic rings. The van der Waals surface area contributed by atoms with E-state index in [-0.39, 0.29) is 0 Å². The molecule has 0 bridgehead atoms. The van der Waals surface area contributed by atoms with E-state index < -0.39 is 12.5 Å². The fourth-order valence-corrected chi connectivity index (χ4v) is 0.782. The van der Waals surface area contributed by atoms with Crippen molar-refractivity contribution in [3.63, 3.8) is 0 Å². The molecule has 0 aromatic heterocycles. The van der Waals surface area contributed by atoms with Gasteiger partial charge < -0.3 is 0 Å². The fraction of sp³-hybridized carbons (Fsp3) is 0.556. The van der Waals surface area contributed by atoms with Crippen LogP contribution in [0.5, 0.6) is 0 Å². The zero-order valence-electron chi connectivity index (χ0n) is 7.03. The lowest BCUT2D eigenvalue weighted by Crippen LogP contribution is -1.78. The summed E-state index contributed by atoms with van der Waals surface area (Å²) in [6, 6.07) is 0. The van der Waals surface area contributed by atoms with Gasteiger partial charge in [0.2, 0.25) is 0 Å². The van der Waals surface area contributed by atoms with Crippen LogP contribution < -0.4 is 0 Å². The molecule has 0 nitrogen and oxygen atoms in total. The summed E-state index contributed by atoms with van der Waals surface area (Å²) < 4.78 is 24.1. The smallest absolute Gasteiger partial charge is 0.121 e. The van der Waals surface area contributed by atoms with E-state index in [1.807, 2.05) is 13.8 Å². The monoisotopic (exact) mass is 160 g/mol. The average Bonchev–Trinajstić information content (AvgIpc) is 2.01. The average molecular weight is 160 g/mol. The first-order chi connectivity index (χ1) is 5.24. The standard InChI is InChI=1S/C9H14F2/c1-3-8(4-2)7-9(11)5-6-10/h5,7H,3-4,6H2,1-2H3/b9-5+. The van der Waals surface area contributed by atoms with Crippen LogP contribution in [0.3, 0.4) is 0 Å². The lowest BCUT2D eigenvalue weighted by atomic mass is 10.1. The highest BCUT2D eigenvalue weighted by Gasteiger charge is 1.92. The lowest BCUT2D eigenvalue weighted by molar-refractivity contribution is 0.547. The van der Waals surface area contributed by atoms with E-state index in [0.29, 0.717) is 0 Å². The van der Waals surface area contributed by atoms with Gasteiger partial charge in [-0.2, -0.15) is 0 Å². The Morgan fingerprint density at radius 2 is 1.82 bits per heavy atom. The summed E-state index contributed by atoms with van der Waals surface area (Å²) in [5, 5.41) is 0. The van der Waals surface area contributed by atoms with Gasteiger partial charge in [0, 0.05) is 0 Å². The maximum atomic E-state index is 12.6. The Bertz CT molecular complexity index is 151. The molecule has 0 unspecified atom stereocenters. The summed E-state index contributed by atoms with van der Waals surface area (Å²) in [6.07, 6.45) is 3.99. The highest BCUT2D eigenvalue weighted by Crippen LogP contribution is 2.10. The molecule has 0 N–H and O–H groups in total. The number of allylic oxidation sites excluding steroid dienone is 4. The van der Waals surface area contributed by atoms with E-state index >= 15 is 0 Å². The third-order valence-corrected chi connectivity index (χ3v) is 1.52. The zero-order chi connectivity index (χ0) is 8.69. The first-order valence-electron chi connectivity index (χ1n) is 3.85. The van der Waals surface area contributed by atoms with Gasteiger partial charge in [0.15, 0.2) is 0 Å². The number of rotatable bonds is 4. The molecule has 0 radical (unpaired) electrons. The van der Waals surface area contributed by atoms with Crippen molar-refractivity contribution < 1.29 is 8.78 Å². The summed E-state index contributed by atoms with van der Waals surface area (Å²) in [5.41, 5.74) is 1.01. The predicted molar refractivity (Wildman–Crippen MR) is 43.8 cm³/mol. The Morgan fingerprint density at radius 3 is 2.18 bits per heavy atom. The van der Waals surface area contributed by atoms with Crippen LogP contribution in [-0.4, -0.2) is 6.67 Å². The molecule has 64 valence electrons. The third kappa shape index (κ3) is 4.71. The highest BCUT2D eigenvalue weighted by molar-refractivity contribution is 5.17. The quantitative estimate of drug-likeness (QED) is 0.551. The van der Waals surface area contributed by atoms with Crippen LogP contribution >= 0.6 is 0 Å². The molecule has 0 saturated heterocycles. The van der Waals surface area contributed by atoms with Gasteiger partial charge >= 0.3 is 0 Å². The van der Waals surface area contributed by atoms with E-state index in [1.165, 1.54) is 6.08 Å². The van der Waals surface area contributed by atoms with Crippen LogP contribution in [-0.2, 0) is 0 Å². The Kier molecular flexibility index (Phi) is 5.71. The molecule has 0 rings (SSSR count). The largest absolute Gasteiger partial charge is 0.246 e. The summed E-state index contributed by atoms with van der Waals surface area (Å²) in [7, 11) is 0. The number of hydrogen-bond acceptors (Lipinski definition) is 0. The molecule has 0 fully saturated rings. The number of halogens is 2. The van der Waals surface area contributed by atoms with Crippen molar-refractivity contribution in [2.75, 3.05) is 6.67 Å². The summed E-state index contributed by atoms with van der Waals surface area (Å²) in [5.74, 6) is -0.466. The Hall–Kier alpha value is -0.660. The topological polar surface area (TPSA) is 0 Å². The first kappa shape index (κ1) is 10.3. The van der Waals surface area contributed by atoms with Crippen molar-refractivity contribution in [1.82, 2.24) is 0 Å². The van der Waals surface area contributed by atoms with Gasteiger partial charge in [0.05, 0.1) is 0 Å². The second-order valence-electron chi connectivity index (χ2n) is 2.25.